The number of ether oxygens (including phenoxy) is 2. The van der Waals surface area contributed by atoms with Gasteiger partial charge in [0.25, 0.3) is 15.9 Å². The molecule has 0 aliphatic heterocycles. The number of carbonyl (C=O) groups excluding carboxylic acids is 2. The number of nitrogens with two attached hydrogens (primary N) is 1. The van der Waals surface area contributed by atoms with E-state index in [2.05, 4.69) is 9.71 Å². The van der Waals surface area contributed by atoms with Gasteiger partial charge in [-0.25, -0.2) is 13.2 Å². The summed E-state index contributed by atoms with van der Waals surface area (Å²) in [6.45, 7) is 1.28. The molecule has 1 atom stereocenters. The number of amides is 1. The quantitative estimate of drug-likeness (QED) is 0.463. The third-order valence-corrected chi connectivity index (χ3v) is 5.74. The summed E-state index contributed by atoms with van der Waals surface area (Å²) in [5.74, 6) is -1.54. The number of benzene rings is 2. The van der Waals surface area contributed by atoms with Gasteiger partial charge in [0.05, 0.1) is 23.3 Å². The van der Waals surface area contributed by atoms with Crippen molar-refractivity contribution >= 4 is 38.5 Å². The summed E-state index contributed by atoms with van der Waals surface area (Å²) in [6, 6.07) is 11.3. The lowest BCUT2D eigenvalue weighted by Gasteiger charge is -2.13. The van der Waals surface area contributed by atoms with Crippen molar-refractivity contribution < 1.29 is 27.5 Å². The van der Waals surface area contributed by atoms with E-state index >= 15 is 0 Å². The summed E-state index contributed by atoms with van der Waals surface area (Å²) in [4.78, 5) is 38.0. The van der Waals surface area contributed by atoms with Crippen LogP contribution in [0.2, 0.25) is 0 Å². The van der Waals surface area contributed by atoms with Crippen LogP contribution in [0.4, 0.5) is 5.69 Å². The summed E-state index contributed by atoms with van der Waals surface area (Å²) >= 11 is 0. The number of hydrogen-bond acceptors (Lipinski definition) is 7. The van der Waals surface area contributed by atoms with Crippen LogP contribution < -0.4 is 20.8 Å². The minimum absolute atomic E-state index is 0.115. The summed E-state index contributed by atoms with van der Waals surface area (Å²) < 4.78 is 38.4. The van der Waals surface area contributed by atoms with Crippen molar-refractivity contribution in [1.29, 1.82) is 0 Å². The zero-order valence-electron chi connectivity index (χ0n) is 16.5. The molecule has 1 amide bonds. The number of sulfonamides is 1. The number of fused-ring (bicyclic) bond motifs is 1. The van der Waals surface area contributed by atoms with E-state index in [1.165, 1.54) is 38.3 Å². The van der Waals surface area contributed by atoms with Crippen LogP contribution in [0.3, 0.4) is 0 Å². The van der Waals surface area contributed by atoms with Crippen molar-refractivity contribution in [3.05, 3.63) is 64.4 Å². The highest BCUT2D eigenvalue weighted by molar-refractivity contribution is 7.92. The Morgan fingerprint density at radius 2 is 1.84 bits per heavy atom. The van der Waals surface area contributed by atoms with Gasteiger partial charge in [0.1, 0.15) is 5.75 Å². The fourth-order valence-corrected chi connectivity index (χ4v) is 3.88. The van der Waals surface area contributed by atoms with E-state index in [0.717, 1.165) is 6.07 Å². The molecule has 1 aromatic heterocycles. The maximum atomic E-state index is 12.9. The van der Waals surface area contributed by atoms with Gasteiger partial charge in [-0.2, -0.15) is 0 Å². The third kappa shape index (κ3) is 4.67. The molecule has 3 aromatic rings. The second-order valence-corrected chi connectivity index (χ2v) is 8.19. The van der Waals surface area contributed by atoms with Gasteiger partial charge in [-0.15, -0.1) is 0 Å². The Kier molecular flexibility index (Phi) is 5.97. The van der Waals surface area contributed by atoms with Gasteiger partial charge in [0.2, 0.25) is 5.56 Å². The number of nitrogens with one attached hydrogen (secondary N) is 2. The predicted octanol–water partition coefficient (Wildman–Crippen LogP) is 1.37. The first kappa shape index (κ1) is 21.8. The number of esters is 1. The largest absolute Gasteiger partial charge is 0.495 e. The number of methoxy groups -OCH3 is 1. The second kappa shape index (κ2) is 8.48. The molecule has 2 aromatic carbocycles. The standard InChI is InChI=1S/C20H19N3O7S/c1-11(19(21)25)30-20(26)14-10-18(24)22-15-8-7-12(9-13(14)15)31(27,28)23-16-5-3-4-6-17(16)29-2/h3-11,23H,1-2H3,(H2,21,25)(H,22,24)/t11-/m1/s1. The van der Waals surface area contributed by atoms with Crippen LogP contribution in [-0.4, -0.2) is 38.5 Å². The summed E-state index contributed by atoms with van der Waals surface area (Å²) in [5.41, 5.74) is 4.73. The maximum absolute atomic E-state index is 12.9. The number of anilines is 1. The molecule has 4 N–H and O–H groups in total. The summed E-state index contributed by atoms with van der Waals surface area (Å²) in [5, 5.41) is 0.115. The first-order chi connectivity index (χ1) is 14.6. The predicted molar refractivity (Wildman–Crippen MR) is 112 cm³/mol. The molecule has 0 aliphatic rings. The molecule has 0 unspecified atom stereocenters. The van der Waals surface area contributed by atoms with Gasteiger partial charge in [-0.3, -0.25) is 14.3 Å². The van der Waals surface area contributed by atoms with E-state index < -0.39 is 33.6 Å². The smallest absolute Gasteiger partial charge is 0.339 e. The highest BCUT2D eigenvalue weighted by Crippen LogP contribution is 2.27. The van der Waals surface area contributed by atoms with Crippen molar-refractivity contribution in [1.82, 2.24) is 4.98 Å². The average molecular weight is 445 g/mol. The molecule has 1 heterocycles. The van der Waals surface area contributed by atoms with Crippen molar-refractivity contribution in [3.8, 4) is 5.75 Å². The van der Waals surface area contributed by atoms with E-state index in [-0.39, 0.29) is 27.0 Å². The minimum Gasteiger partial charge on any atom is -0.495 e. The number of carbonyl (C=O) groups is 2. The first-order valence-corrected chi connectivity index (χ1v) is 10.4. The number of pyridine rings is 1. The van der Waals surface area contributed by atoms with E-state index in [1.54, 1.807) is 18.2 Å². The summed E-state index contributed by atoms with van der Waals surface area (Å²) in [6.07, 6.45) is -1.24. The molecule has 0 spiro atoms. The van der Waals surface area contributed by atoms with E-state index in [4.69, 9.17) is 15.2 Å². The number of para-hydroxylation sites is 2. The Labute approximate surface area is 177 Å². The lowest BCUT2D eigenvalue weighted by molar-refractivity contribution is -0.125. The number of H-pyrrole nitrogens is 1. The molecule has 3 rings (SSSR count). The lowest BCUT2D eigenvalue weighted by atomic mass is 10.1. The van der Waals surface area contributed by atoms with Crippen LogP contribution >= 0.6 is 0 Å². The zero-order valence-corrected chi connectivity index (χ0v) is 17.4. The Bertz CT molecular complexity index is 1330. The lowest BCUT2D eigenvalue weighted by Crippen LogP contribution is -2.30. The van der Waals surface area contributed by atoms with Crippen LogP contribution in [0, 0.1) is 0 Å². The van der Waals surface area contributed by atoms with Crippen LogP contribution in [0.1, 0.15) is 17.3 Å². The fraction of sp³-hybridized carbons (Fsp3) is 0.150. The van der Waals surface area contributed by atoms with Crippen molar-refractivity contribution in [2.75, 3.05) is 11.8 Å². The molecule has 0 bridgehead atoms. The highest BCUT2D eigenvalue weighted by Gasteiger charge is 2.22. The molecule has 11 heteroatoms. The van der Waals surface area contributed by atoms with Crippen LogP contribution in [-0.2, 0) is 19.6 Å². The Morgan fingerprint density at radius 1 is 1.13 bits per heavy atom. The Balaban J connectivity index is 2.07. The number of rotatable bonds is 7. The molecular formula is C20H19N3O7S. The number of aromatic amines is 1. The van der Waals surface area contributed by atoms with E-state index in [9.17, 15) is 22.8 Å². The molecule has 10 nitrogen and oxygen atoms in total. The molecule has 0 saturated carbocycles. The van der Waals surface area contributed by atoms with E-state index in [0.29, 0.717) is 5.75 Å². The van der Waals surface area contributed by atoms with Gasteiger partial charge in [-0.05, 0) is 37.3 Å². The van der Waals surface area contributed by atoms with Gasteiger partial charge in [0.15, 0.2) is 6.10 Å². The van der Waals surface area contributed by atoms with Crippen LogP contribution in [0.15, 0.2) is 58.2 Å². The topological polar surface area (TPSA) is 158 Å². The van der Waals surface area contributed by atoms with Crippen LogP contribution in [0.25, 0.3) is 10.9 Å². The van der Waals surface area contributed by atoms with E-state index in [1.807, 2.05) is 0 Å². The maximum Gasteiger partial charge on any atom is 0.339 e. The van der Waals surface area contributed by atoms with Crippen LogP contribution in [0.5, 0.6) is 5.75 Å². The highest BCUT2D eigenvalue weighted by atomic mass is 32.2. The van der Waals surface area contributed by atoms with Crippen molar-refractivity contribution in [3.63, 3.8) is 0 Å². The molecular weight excluding hydrogens is 426 g/mol. The van der Waals surface area contributed by atoms with Gasteiger partial charge in [-0.1, -0.05) is 12.1 Å². The number of aromatic nitrogens is 1. The zero-order chi connectivity index (χ0) is 22.8. The fourth-order valence-electron chi connectivity index (χ4n) is 2.78. The third-order valence-electron chi connectivity index (χ3n) is 4.38. The van der Waals surface area contributed by atoms with Crippen molar-refractivity contribution in [2.45, 2.75) is 17.9 Å². The SMILES string of the molecule is COc1ccccc1NS(=O)(=O)c1ccc2[nH]c(=O)cc(C(=O)O[C@H](C)C(N)=O)c2c1. The molecule has 0 aliphatic carbocycles. The van der Waals surface area contributed by atoms with Gasteiger partial charge < -0.3 is 20.2 Å². The molecule has 0 radical (unpaired) electrons. The minimum atomic E-state index is -4.07. The normalized spacial score (nSPS) is 12.2. The Morgan fingerprint density at radius 3 is 2.52 bits per heavy atom. The summed E-state index contributed by atoms with van der Waals surface area (Å²) in [7, 11) is -2.67. The number of hydrogen-bond donors (Lipinski definition) is 3. The first-order valence-electron chi connectivity index (χ1n) is 8.95. The molecule has 0 fully saturated rings. The van der Waals surface area contributed by atoms with Crippen molar-refractivity contribution in [2.24, 2.45) is 5.73 Å². The van der Waals surface area contributed by atoms with Gasteiger partial charge >= 0.3 is 5.97 Å². The molecule has 31 heavy (non-hydrogen) atoms. The Hall–Kier alpha value is -3.86. The average Bonchev–Trinajstić information content (AvgIpc) is 2.72. The number of primary amides is 1. The molecule has 162 valence electrons. The van der Waals surface area contributed by atoms with Gasteiger partial charge in [0, 0.05) is 17.0 Å². The monoisotopic (exact) mass is 445 g/mol. The second-order valence-electron chi connectivity index (χ2n) is 6.51. The molecule has 0 saturated heterocycles.